The molecule has 0 atom stereocenters. The zero-order chi connectivity index (χ0) is 33.7. The highest BCUT2D eigenvalue weighted by Gasteiger charge is 2.25. The SMILES string of the molecule is C=C(c1cc(-c2ccccc2)c(N(c2ccccc2)c2ccccc2)s1)c1cc(-c2ccccc2)c(N(c2ccccc2)c2ccccc2)s1. The summed E-state index contributed by atoms with van der Waals surface area (Å²) in [6, 6.07) is 68.5. The number of rotatable bonds is 10. The summed E-state index contributed by atoms with van der Waals surface area (Å²) in [7, 11) is 0. The van der Waals surface area contributed by atoms with Crippen LogP contribution in [0.25, 0.3) is 27.8 Å². The van der Waals surface area contributed by atoms with Gasteiger partial charge in [-0.1, -0.05) is 140 Å². The Morgan fingerprint density at radius 3 is 0.900 bits per heavy atom. The van der Waals surface area contributed by atoms with E-state index in [-0.39, 0.29) is 0 Å². The standard InChI is InChI=1S/C46H34N2S2/c1-34(43-32-41(35-20-8-2-9-21-35)45(49-43)47(37-24-12-4-13-25-37)38-26-14-5-15-27-38)44-33-42(36-22-10-3-11-23-36)46(50-44)48(39-28-16-6-17-29-39)40-30-18-7-19-31-40/h2-33H,1H2. The van der Waals surface area contributed by atoms with Gasteiger partial charge in [-0.3, -0.25) is 0 Å². The number of thiophene rings is 2. The average molecular weight is 679 g/mol. The molecule has 50 heavy (non-hydrogen) atoms. The van der Waals surface area contributed by atoms with E-state index in [9.17, 15) is 0 Å². The van der Waals surface area contributed by atoms with Crippen molar-refractivity contribution in [2.24, 2.45) is 0 Å². The Kier molecular flexibility index (Phi) is 8.94. The first-order chi connectivity index (χ1) is 24.7. The normalized spacial score (nSPS) is 10.9. The fraction of sp³-hybridized carbons (Fsp3) is 0. The first-order valence-corrected chi connectivity index (χ1v) is 18.3. The molecule has 0 N–H and O–H groups in total. The van der Waals surface area contributed by atoms with Gasteiger partial charge >= 0.3 is 0 Å². The van der Waals surface area contributed by atoms with Crippen molar-refractivity contribution in [3.63, 3.8) is 0 Å². The molecule has 2 heterocycles. The lowest BCUT2D eigenvalue weighted by molar-refractivity contribution is 1.32. The van der Waals surface area contributed by atoms with E-state index in [0.29, 0.717) is 0 Å². The molecule has 0 saturated heterocycles. The van der Waals surface area contributed by atoms with Gasteiger partial charge in [0.25, 0.3) is 0 Å². The molecule has 4 heteroatoms. The first kappa shape index (κ1) is 31.3. The van der Waals surface area contributed by atoms with Crippen molar-refractivity contribution in [1.82, 2.24) is 0 Å². The van der Waals surface area contributed by atoms with Gasteiger partial charge in [0.15, 0.2) is 0 Å². The van der Waals surface area contributed by atoms with Crippen molar-refractivity contribution in [3.8, 4) is 22.3 Å². The van der Waals surface area contributed by atoms with E-state index < -0.39 is 0 Å². The van der Waals surface area contributed by atoms with E-state index in [2.05, 4.69) is 204 Å². The van der Waals surface area contributed by atoms with Crippen LogP contribution in [0.5, 0.6) is 0 Å². The Hall–Kier alpha value is -5.94. The minimum atomic E-state index is 1.01. The third kappa shape index (κ3) is 6.30. The molecule has 0 fully saturated rings. The number of hydrogen-bond acceptors (Lipinski definition) is 4. The van der Waals surface area contributed by atoms with Gasteiger partial charge in [-0.05, 0) is 71.8 Å². The molecule has 2 nitrogen and oxygen atoms in total. The van der Waals surface area contributed by atoms with Crippen LogP contribution in [0.2, 0.25) is 0 Å². The van der Waals surface area contributed by atoms with Gasteiger partial charge in [0.1, 0.15) is 10.0 Å². The molecule has 0 bridgehead atoms. The second-order valence-electron chi connectivity index (χ2n) is 11.9. The number of anilines is 6. The Bertz CT molecular complexity index is 2070. The number of para-hydroxylation sites is 4. The predicted octanol–water partition coefficient (Wildman–Crippen LogP) is 14.1. The van der Waals surface area contributed by atoms with Crippen molar-refractivity contribution in [1.29, 1.82) is 0 Å². The molecular weight excluding hydrogens is 645 g/mol. The maximum absolute atomic E-state index is 4.78. The molecule has 0 amide bonds. The quantitative estimate of drug-likeness (QED) is 0.142. The van der Waals surface area contributed by atoms with Crippen molar-refractivity contribution in [2.45, 2.75) is 0 Å². The average Bonchev–Trinajstić information content (AvgIpc) is 3.83. The molecule has 0 radical (unpaired) electrons. The van der Waals surface area contributed by atoms with Gasteiger partial charge in [0, 0.05) is 49.2 Å². The molecule has 240 valence electrons. The topological polar surface area (TPSA) is 6.48 Å². The molecule has 0 aliphatic rings. The van der Waals surface area contributed by atoms with E-state index in [0.717, 1.165) is 48.1 Å². The lowest BCUT2D eigenvalue weighted by Crippen LogP contribution is -2.09. The van der Waals surface area contributed by atoms with Crippen LogP contribution >= 0.6 is 22.7 Å². The van der Waals surface area contributed by atoms with Crippen LogP contribution in [-0.2, 0) is 0 Å². The minimum Gasteiger partial charge on any atom is -0.301 e. The van der Waals surface area contributed by atoms with Crippen molar-refractivity contribution < 1.29 is 0 Å². The molecule has 8 rings (SSSR count). The molecule has 0 aliphatic carbocycles. The molecule has 8 aromatic rings. The smallest absolute Gasteiger partial charge is 0.109 e. The molecule has 0 spiro atoms. The van der Waals surface area contributed by atoms with Gasteiger partial charge in [-0.15, -0.1) is 22.7 Å². The maximum atomic E-state index is 4.78. The summed E-state index contributed by atoms with van der Waals surface area (Å²) < 4.78 is 0. The fourth-order valence-corrected chi connectivity index (χ4v) is 8.72. The second kappa shape index (κ2) is 14.3. The molecule has 0 unspecified atom stereocenters. The molecule has 6 aromatic carbocycles. The lowest BCUT2D eigenvalue weighted by Gasteiger charge is -2.25. The zero-order valence-corrected chi connectivity index (χ0v) is 29.0. The Labute approximate surface area is 302 Å². The summed E-state index contributed by atoms with van der Waals surface area (Å²) in [5.74, 6) is 0. The summed E-state index contributed by atoms with van der Waals surface area (Å²) >= 11 is 3.57. The third-order valence-corrected chi connectivity index (χ3v) is 11.0. The second-order valence-corrected chi connectivity index (χ2v) is 13.9. The predicted molar refractivity (Wildman–Crippen MR) is 217 cm³/mol. The van der Waals surface area contributed by atoms with Crippen LogP contribution < -0.4 is 9.80 Å². The summed E-state index contributed by atoms with van der Waals surface area (Å²) in [5.41, 5.74) is 10.2. The van der Waals surface area contributed by atoms with Crippen LogP contribution in [0.3, 0.4) is 0 Å². The van der Waals surface area contributed by atoms with Gasteiger partial charge in [-0.25, -0.2) is 0 Å². The summed E-state index contributed by atoms with van der Waals surface area (Å²) in [5, 5.41) is 2.31. The number of nitrogens with zero attached hydrogens (tertiary/aromatic N) is 2. The summed E-state index contributed by atoms with van der Waals surface area (Å²) in [4.78, 5) is 7.00. The summed E-state index contributed by atoms with van der Waals surface area (Å²) in [6.45, 7) is 4.78. The van der Waals surface area contributed by atoms with Crippen molar-refractivity contribution >= 4 is 61.0 Å². The summed E-state index contributed by atoms with van der Waals surface area (Å²) in [6.07, 6.45) is 0. The van der Waals surface area contributed by atoms with Gasteiger partial charge in [0.2, 0.25) is 0 Å². The largest absolute Gasteiger partial charge is 0.301 e. The highest BCUT2D eigenvalue weighted by Crippen LogP contribution is 2.51. The van der Waals surface area contributed by atoms with Gasteiger partial charge in [-0.2, -0.15) is 0 Å². The van der Waals surface area contributed by atoms with Crippen LogP contribution in [0.4, 0.5) is 32.8 Å². The van der Waals surface area contributed by atoms with Crippen LogP contribution in [0.1, 0.15) is 9.75 Å². The van der Waals surface area contributed by atoms with Crippen LogP contribution in [0, 0.1) is 0 Å². The lowest BCUT2D eigenvalue weighted by atomic mass is 10.0. The molecular formula is C46H34N2S2. The van der Waals surface area contributed by atoms with Crippen molar-refractivity contribution in [2.75, 3.05) is 9.80 Å². The minimum absolute atomic E-state index is 1.01. The van der Waals surface area contributed by atoms with Gasteiger partial charge in [0.05, 0.1) is 0 Å². The highest BCUT2D eigenvalue weighted by molar-refractivity contribution is 7.20. The van der Waals surface area contributed by atoms with E-state index in [1.807, 2.05) is 0 Å². The fourth-order valence-electron chi connectivity index (χ4n) is 6.24. The van der Waals surface area contributed by atoms with Crippen molar-refractivity contribution in [3.05, 3.63) is 210 Å². The number of benzene rings is 6. The Morgan fingerprint density at radius 1 is 0.360 bits per heavy atom. The molecule has 0 saturated carbocycles. The molecule has 2 aromatic heterocycles. The van der Waals surface area contributed by atoms with Gasteiger partial charge < -0.3 is 9.80 Å². The first-order valence-electron chi connectivity index (χ1n) is 16.6. The van der Waals surface area contributed by atoms with E-state index in [4.69, 9.17) is 6.58 Å². The van der Waals surface area contributed by atoms with E-state index in [1.54, 1.807) is 22.7 Å². The number of hydrogen-bond donors (Lipinski definition) is 0. The monoisotopic (exact) mass is 678 g/mol. The Morgan fingerprint density at radius 2 is 0.620 bits per heavy atom. The van der Waals surface area contributed by atoms with Crippen LogP contribution in [-0.4, -0.2) is 0 Å². The molecule has 0 aliphatic heterocycles. The maximum Gasteiger partial charge on any atom is 0.109 e. The Balaban J connectivity index is 1.30. The zero-order valence-electron chi connectivity index (χ0n) is 27.4. The van der Waals surface area contributed by atoms with E-state index in [1.165, 1.54) is 22.3 Å². The third-order valence-electron chi connectivity index (χ3n) is 8.65. The van der Waals surface area contributed by atoms with E-state index >= 15 is 0 Å². The highest BCUT2D eigenvalue weighted by atomic mass is 32.1. The van der Waals surface area contributed by atoms with Crippen LogP contribution in [0.15, 0.2) is 201 Å².